The molecule has 0 radical (unpaired) electrons. The maximum absolute atomic E-state index is 13.1. The van der Waals surface area contributed by atoms with E-state index in [2.05, 4.69) is 0 Å². The SMILES string of the molecule is O=C(c1ccc(F)s1)N1CC2CN(C(=O)Cc3ccc(F)cc3)C2C1. The maximum Gasteiger partial charge on any atom is 0.264 e. The molecule has 130 valence electrons. The van der Waals surface area contributed by atoms with Crippen molar-refractivity contribution < 1.29 is 18.4 Å². The Morgan fingerprint density at radius 2 is 1.80 bits per heavy atom. The lowest BCUT2D eigenvalue weighted by Crippen LogP contribution is -2.58. The zero-order valence-electron chi connectivity index (χ0n) is 13.3. The molecule has 25 heavy (non-hydrogen) atoms. The van der Waals surface area contributed by atoms with Crippen molar-refractivity contribution in [2.24, 2.45) is 5.92 Å². The average molecular weight is 362 g/mol. The first-order chi connectivity index (χ1) is 12.0. The number of halogens is 2. The molecule has 4 nitrogen and oxygen atoms in total. The molecule has 2 atom stereocenters. The summed E-state index contributed by atoms with van der Waals surface area (Å²) in [7, 11) is 0. The number of benzene rings is 1. The Morgan fingerprint density at radius 1 is 1.04 bits per heavy atom. The van der Waals surface area contributed by atoms with Crippen molar-refractivity contribution in [2.45, 2.75) is 12.5 Å². The summed E-state index contributed by atoms with van der Waals surface area (Å²) in [6.45, 7) is 1.72. The van der Waals surface area contributed by atoms with Gasteiger partial charge in [-0.1, -0.05) is 12.1 Å². The molecule has 7 heteroatoms. The highest BCUT2D eigenvalue weighted by Crippen LogP contribution is 2.34. The summed E-state index contributed by atoms with van der Waals surface area (Å²) in [5, 5.41) is -0.373. The third-order valence-electron chi connectivity index (χ3n) is 4.90. The van der Waals surface area contributed by atoms with Crippen molar-refractivity contribution in [1.29, 1.82) is 0 Å². The van der Waals surface area contributed by atoms with Crippen LogP contribution in [0.5, 0.6) is 0 Å². The summed E-state index contributed by atoms with van der Waals surface area (Å²) in [5.74, 6) is -0.223. The number of hydrogen-bond acceptors (Lipinski definition) is 3. The summed E-state index contributed by atoms with van der Waals surface area (Å²) in [6, 6.07) is 8.73. The largest absolute Gasteiger partial charge is 0.337 e. The molecular weight excluding hydrogens is 346 g/mol. The highest BCUT2D eigenvalue weighted by Gasteiger charge is 2.48. The predicted octanol–water partition coefficient (Wildman–Crippen LogP) is 2.55. The van der Waals surface area contributed by atoms with Crippen LogP contribution in [-0.4, -0.2) is 47.3 Å². The van der Waals surface area contributed by atoms with E-state index in [1.54, 1.807) is 21.9 Å². The van der Waals surface area contributed by atoms with Crippen molar-refractivity contribution in [1.82, 2.24) is 9.80 Å². The van der Waals surface area contributed by atoms with Crippen LogP contribution >= 0.6 is 11.3 Å². The van der Waals surface area contributed by atoms with Gasteiger partial charge in [0.1, 0.15) is 5.82 Å². The number of carbonyl (C=O) groups excluding carboxylic acids is 2. The lowest BCUT2D eigenvalue weighted by Gasteiger charge is -2.43. The lowest BCUT2D eigenvalue weighted by atomic mass is 9.91. The van der Waals surface area contributed by atoms with E-state index < -0.39 is 0 Å². The minimum atomic E-state index is -0.373. The van der Waals surface area contributed by atoms with E-state index in [-0.39, 0.29) is 41.1 Å². The monoisotopic (exact) mass is 362 g/mol. The fourth-order valence-electron chi connectivity index (χ4n) is 3.55. The summed E-state index contributed by atoms with van der Waals surface area (Å²) in [6.07, 6.45) is 0.230. The van der Waals surface area contributed by atoms with Gasteiger partial charge in [-0.15, -0.1) is 11.3 Å². The molecule has 0 bridgehead atoms. The van der Waals surface area contributed by atoms with Gasteiger partial charge in [0.2, 0.25) is 5.91 Å². The van der Waals surface area contributed by atoms with Crippen LogP contribution in [0.2, 0.25) is 0 Å². The van der Waals surface area contributed by atoms with E-state index in [0.29, 0.717) is 24.5 Å². The van der Waals surface area contributed by atoms with Gasteiger partial charge in [-0.3, -0.25) is 9.59 Å². The Kier molecular flexibility index (Phi) is 4.03. The second-order valence-electron chi connectivity index (χ2n) is 6.49. The summed E-state index contributed by atoms with van der Waals surface area (Å²) in [4.78, 5) is 28.7. The Bertz CT molecular complexity index is 821. The zero-order valence-corrected chi connectivity index (χ0v) is 14.1. The molecule has 0 N–H and O–H groups in total. The maximum atomic E-state index is 13.1. The first-order valence-electron chi connectivity index (χ1n) is 8.10. The Labute approximate surface area is 147 Å². The van der Waals surface area contributed by atoms with Gasteiger partial charge >= 0.3 is 0 Å². The molecule has 3 heterocycles. The van der Waals surface area contributed by atoms with E-state index >= 15 is 0 Å². The average Bonchev–Trinajstić information content (AvgIpc) is 3.14. The Morgan fingerprint density at radius 3 is 2.48 bits per heavy atom. The Hall–Kier alpha value is -2.28. The molecule has 2 aromatic rings. The number of rotatable bonds is 3. The predicted molar refractivity (Wildman–Crippen MR) is 89.3 cm³/mol. The molecule has 2 aliphatic heterocycles. The number of nitrogens with zero attached hydrogens (tertiary/aromatic N) is 2. The van der Waals surface area contributed by atoms with E-state index in [0.717, 1.165) is 16.9 Å². The number of fused-ring (bicyclic) bond motifs is 1. The van der Waals surface area contributed by atoms with Gasteiger partial charge in [0.25, 0.3) is 5.91 Å². The van der Waals surface area contributed by atoms with E-state index in [4.69, 9.17) is 0 Å². The van der Waals surface area contributed by atoms with E-state index in [1.165, 1.54) is 24.3 Å². The van der Waals surface area contributed by atoms with Gasteiger partial charge in [-0.25, -0.2) is 4.39 Å². The van der Waals surface area contributed by atoms with Gasteiger partial charge in [0.05, 0.1) is 17.3 Å². The van der Waals surface area contributed by atoms with Crippen LogP contribution in [0.15, 0.2) is 36.4 Å². The van der Waals surface area contributed by atoms with Gasteiger partial charge in [-0.05, 0) is 29.8 Å². The topological polar surface area (TPSA) is 40.6 Å². The smallest absolute Gasteiger partial charge is 0.264 e. The summed E-state index contributed by atoms with van der Waals surface area (Å²) in [5.41, 5.74) is 0.773. The third-order valence-corrected chi connectivity index (χ3v) is 5.76. The molecule has 2 amide bonds. The van der Waals surface area contributed by atoms with E-state index in [9.17, 15) is 18.4 Å². The number of amides is 2. The standard InChI is InChI=1S/C18H16F2N2O2S/c19-13-3-1-11(2-4-13)7-17(23)22-9-12-8-21(10-14(12)22)18(24)15-5-6-16(20)25-15/h1-6,12,14H,7-10H2. The zero-order chi connectivity index (χ0) is 17.6. The number of carbonyl (C=O) groups is 2. The molecule has 2 unspecified atom stereocenters. The van der Waals surface area contributed by atoms with Crippen LogP contribution in [0.3, 0.4) is 0 Å². The molecule has 1 aromatic carbocycles. The summed E-state index contributed by atoms with van der Waals surface area (Å²) >= 11 is 0.847. The molecule has 2 aliphatic rings. The van der Waals surface area contributed by atoms with Crippen LogP contribution in [0.4, 0.5) is 8.78 Å². The fourth-order valence-corrected chi connectivity index (χ4v) is 4.25. The van der Waals surface area contributed by atoms with E-state index in [1.807, 2.05) is 0 Å². The highest BCUT2D eigenvalue weighted by atomic mass is 32.1. The second kappa shape index (κ2) is 6.22. The van der Waals surface area contributed by atoms with Gasteiger partial charge in [0, 0.05) is 25.6 Å². The Balaban J connectivity index is 1.37. The molecule has 2 fully saturated rings. The first-order valence-corrected chi connectivity index (χ1v) is 8.91. The minimum Gasteiger partial charge on any atom is -0.337 e. The lowest BCUT2D eigenvalue weighted by molar-refractivity contribution is -0.140. The van der Waals surface area contributed by atoms with Gasteiger partial charge in [0.15, 0.2) is 5.13 Å². The van der Waals surface area contributed by atoms with Gasteiger partial charge < -0.3 is 9.80 Å². The van der Waals surface area contributed by atoms with Crippen LogP contribution in [0, 0.1) is 16.9 Å². The molecule has 0 spiro atoms. The minimum absolute atomic E-state index is 0.00988. The van der Waals surface area contributed by atoms with Crippen molar-refractivity contribution >= 4 is 23.2 Å². The molecular formula is C18H16F2N2O2S. The van der Waals surface area contributed by atoms with Crippen LogP contribution in [0.25, 0.3) is 0 Å². The summed E-state index contributed by atoms with van der Waals surface area (Å²) < 4.78 is 26.1. The van der Waals surface area contributed by atoms with Crippen molar-refractivity contribution in [3.8, 4) is 0 Å². The molecule has 0 aliphatic carbocycles. The molecule has 0 saturated carbocycles. The quantitative estimate of drug-likeness (QED) is 0.842. The second-order valence-corrected chi connectivity index (χ2v) is 7.52. The van der Waals surface area contributed by atoms with Crippen LogP contribution < -0.4 is 0 Å². The normalized spacial score (nSPS) is 21.8. The fraction of sp³-hybridized carbons (Fsp3) is 0.333. The molecule has 1 aromatic heterocycles. The number of hydrogen-bond donors (Lipinski definition) is 0. The van der Waals surface area contributed by atoms with Crippen LogP contribution in [0.1, 0.15) is 15.2 Å². The highest BCUT2D eigenvalue weighted by molar-refractivity contribution is 7.12. The first kappa shape index (κ1) is 16.2. The van der Waals surface area contributed by atoms with Crippen molar-refractivity contribution in [3.05, 3.63) is 57.8 Å². The number of thiophene rings is 1. The number of likely N-dealkylation sites (tertiary alicyclic amines) is 2. The molecule has 4 rings (SSSR count). The van der Waals surface area contributed by atoms with Crippen molar-refractivity contribution in [3.63, 3.8) is 0 Å². The third kappa shape index (κ3) is 3.04. The van der Waals surface area contributed by atoms with Crippen molar-refractivity contribution in [2.75, 3.05) is 19.6 Å². The molecule has 2 saturated heterocycles. The van der Waals surface area contributed by atoms with Gasteiger partial charge in [-0.2, -0.15) is 4.39 Å². The van der Waals surface area contributed by atoms with Crippen LogP contribution in [-0.2, 0) is 11.2 Å².